The first-order chi connectivity index (χ1) is 12.5. The molecule has 2 aromatic rings. The minimum absolute atomic E-state index is 0.0533. The lowest BCUT2D eigenvalue weighted by Crippen LogP contribution is -2.44. The maximum Gasteiger partial charge on any atom is 0.303 e. The van der Waals surface area contributed by atoms with Crippen molar-refractivity contribution >= 4 is 35.1 Å². The van der Waals surface area contributed by atoms with Gasteiger partial charge in [0.2, 0.25) is 0 Å². The van der Waals surface area contributed by atoms with Crippen LogP contribution >= 0.6 is 23.2 Å². The molecule has 1 N–H and O–H groups in total. The van der Waals surface area contributed by atoms with Crippen LogP contribution in [0.4, 0.5) is 0 Å². The Balaban J connectivity index is 1.77. The first-order valence-corrected chi connectivity index (χ1v) is 9.25. The van der Waals surface area contributed by atoms with Crippen molar-refractivity contribution in [1.29, 1.82) is 0 Å². The SMILES string of the molecule is O=C(O)CCC1CCCCN1C(=O)c1ccn(-c2ccc(Cl)c(Cl)c2)n1. The molecule has 0 bridgehead atoms. The van der Waals surface area contributed by atoms with E-state index in [4.69, 9.17) is 28.3 Å². The van der Waals surface area contributed by atoms with Crippen molar-refractivity contribution in [3.63, 3.8) is 0 Å². The highest BCUT2D eigenvalue weighted by molar-refractivity contribution is 6.42. The van der Waals surface area contributed by atoms with E-state index in [2.05, 4.69) is 5.10 Å². The highest BCUT2D eigenvalue weighted by Gasteiger charge is 2.29. The van der Waals surface area contributed by atoms with Crippen LogP contribution in [0.2, 0.25) is 10.0 Å². The Bertz CT molecular complexity index is 822. The maximum absolute atomic E-state index is 12.9. The van der Waals surface area contributed by atoms with Gasteiger partial charge in [-0.05, 0) is 49.9 Å². The van der Waals surface area contributed by atoms with Gasteiger partial charge >= 0.3 is 5.97 Å². The predicted molar refractivity (Wildman–Crippen MR) is 99.1 cm³/mol. The van der Waals surface area contributed by atoms with Crippen molar-refractivity contribution in [1.82, 2.24) is 14.7 Å². The van der Waals surface area contributed by atoms with Crippen LogP contribution in [0.15, 0.2) is 30.5 Å². The number of rotatable bonds is 5. The molecule has 1 amide bonds. The molecule has 1 aromatic heterocycles. The first-order valence-electron chi connectivity index (χ1n) is 8.49. The van der Waals surface area contributed by atoms with Gasteiger partial charge in [-0.3, -0.25) is 9.59 Å². The van der Waals surface area contributed by atoms with E-state index in [0.717, 1.165) is 19.3 Å². The van der Waals surface area contributed by atoms with Crippen molar-refractivity contribution in [3.05, 3.63) is 46.2 Å². The van der Waals surface area contributed by atoms with Gasteiger partial charge in [0.25, 0.3) is 5.91 Å². The number of piperidine rings is 1. The number of amides is 1. The second-order valence-electron chi connectivity index (χ2n) is 6.32. The minimum atomic E-state index is -0.841. The van der Waals surface area contributed by atoms with Gasteiger partial charge < -0.3 is 10.0 Å². The summed E-state index contributed by atoms with van der Waals surface area (Å²) in [4.78, 5) is 25.5. The number of halogens is 2. The Morgan fingerprint density at radius 2 is 2.00 bits per heavy atom. The van der Waals surface area contributed by atoms with E-state index in [1.807, 2.05) is 0 Å². The Labute approximate surface area is 161 Å². The van der Waals surface area contributed by atoms with Crippen LogP contribution in [-0.2, 0) is 4.79 Å². The van der Waals surface area contributed by atoms with Crippen LogP contribution in [0.5, 0.6) is 0 Å². The maximum atomic E-state index is 12.9. The molecule has 0 spiro atoms. The molecule has 1 aliphatic heterocycles. The summed E-state index contributed by atoms with van der Waals surface area (Å²) in [5.74, 6) is -1.01. The zero-order valence-electron chi connectivity index (χ0n) is 14.1. The summed E-state index contributed by atoms with van der Waals surface area (Å²) < 4.78 is 1.58. The van der Waals surface area contributed by atoms with Crippen molar-refractivity contribution in [2.75, 3.05) is 6.54 Å². The molecule has 0 radical (unpaired) electrons. The summed E-state index contributed by atoms with van der Waals surface area (Å²) in [5.41, 5.74) is 1.04. The summed E-state index contributed by atoms with van der Waals surface area (Å²) in [6, 6.07) is 6.73. The monoisotopic (exact) mass is 395 g/mol. The number of benzene rings is 1. The fourth-order valence-electron chi connectivity index (χ4n) is 3.21. The number of hydrogen-bond donors (Lipinski definition) is 1. The van der Waals surface area contributed by atoms with Crippen LogP contribution < -0.4 is 0 Å². The number of carboxylic acids is 1. The molecule has 2 heterocycles. The number of nitrogens with zero attached hydrogens (tertiary/aromatic N) is 3. The highest BCUT2D eigenvalue weighted by atomic mass is 35.5. The summed E-state index contributed by atoms with van der Waals surface area (Å²) in [7, 11) is 0. The van der Waals surface area contributed by atoms with Crippen LogP contribution in [0.3, 0.4) is 0 Å². The molecule has 138 valence electrons. The molecule has 1 unspecified atom stereocenters. The number of carbonyl (C=O) groups is 2. The van der Waals surface area contributed by atoms with Gasteiger partial charge in [-0.25, -0.2) is 4.68 Å². The smallest absolute Gasteiger partial charge is 0.303 e. The molecule has 1 atom stereocenters. The Kier molecular flexibility index (Phi) is 5.84. The lowest BCUT2D eigenvalue weighted by atomic mass is 9.97. The van der Waals surface area contributed by atoms with Crippen molar-refractivity contribution in [2.24, 2.45) is 0 Å². The van der Waals surface area contributed by atoms with E-state index in [1.54, 1.807) is 40.0 Å². The topological polar surface area (TPSA) is 75.4 Å². The van der Waals surface area contributed by atoms with E-state index in [0.29, 0.717) is 34.4 Å². The fourth-order valence-corrected chi connectivity index (χ4v) is 3.51. The Hall–Kier alpha value is -2.05. The second kappa shape index (κ2) is 8.10. The van der Waals surface area contributed by atoms with E-state index in [1.165, 1.54) is 0 Å². The zero-order valence-corrected chi connectivity index (χ0v) is 15.6. The van der Waals surface area contributed by atoms with Gasteiger partial charge in [0, 0.05) is 25.2 Å². The average molecular weight is 396 g/mol. The Morgan fingerprint density at radius 3 is 2.73 bits per heavy atom. The van der Waals surface area contributed by atoms with Gasteiger partial charge in [-0.2, -0.15) is 5.10 Å². The van der Waals surface area contributed by atoms with Crippen LogP contribution in [0.25, 0.3) is 5.69 Å². The third-order valence-corrected chi connectivity index (χ3v) is 5.29. The minimum Gasteiger partial charge on any atom is -0.481 e. The van der Waals surface area contributed by atoms with Gasteiger partial charge in [-0.1, -0.05) is 23.2 Å². The molecule has 0 aliphatic carbocycles. The second-order valence-corrected chi connectivity index (χ2v) is 7.14. The molecule has 0 saturated carbocycles. The summed E-state index contributed by atoms with van der Waals surface area (Å²) in [6.45, 7) is 0.628. The molecule has 1 aliphatic rings. The quantitative estimate of drug-likeness (QED) is 0.828. The van der Waals surface area contributed by atoms with E-state index >= 15 is 0 Å². The normalized spacial score (nSPS) is 17.3. The molecule has 3 rings (SSSR count). The van der Waals surface area contributed by atoms with E-state index in [-0.39, 0.29) is 18.4 Å². The predicted octanol–water partition coefficient (Wildman–Crippen LogP) is 4.04. The van der Waals surface area contributed by atoms with E-state index < -0.39 is 5.97 Å². The van der Waals surface area contributed by atoms with E-state index in [9.17, 15) is 9.59 Å². The summed E-state index contributed by atoms with van der Waals surface area (Å²) >= 11 is 12.0. The Morgan fingerprint density at radius 1 is 1.19 bits per heavy atom. The summed E-state index contributed by atoms with van der Waals surface area (Å²) in [6.07, 6.45) is 4.98. The number of likely N-dealkylation sites (tertiary alicyclic amines) is 1. The van der Waals surface area contributed by atoms with Gasteiger partial charge in [0.15, 0.2) is 5.69 Å². The van der Waals surface area contributed by atoms with Gasteiger partial charge in [-0.15, -0.1) is 0 Å². The number of carbonyl (C=O) groups excluding carboxylic acids is 1. The third-order valence-electron chi connectivity index (χ3n) is 4.56. The standard InChI is InChI=1S/C18H19Cl2N3O3/c19-14-6-4-13(11-15(14)20)23-10-8-16(21-23)18(26)22-9-2-1-3-12(22)5-7-17(24)25/h4,6,8,10-12H,1-3,5,7,9H2,(H,24,25). The highest BCUT2D eigenvalue weighted by Crippen LogP contribution is 2.25. The molecule has 1 aromatic carbocycles. The molecule has 8 heteroatoms. The molecular formula is C18H19Cl2N3O3. The molecular weight excluding hydrogens is 377 g/mol. The van der Waals surface area contributed by atoms with Crippen LogP contribution in [0, 0.1) is 0 Å². The number of carboxylic acid groups (broad SMARTS) is 1. The number of hydrogen-bond acceptors (Lipinski definition) is 3. The largest absolute Gasteiger partial charge is 0.481 e. The van der Waals surface area contributed by atoms with Gasteiger partial charge in [0.1, 0.15) is 0 Å². The molecule has 1 fully saturated rings. The summed E-state index contributed by atoms with van der Waals surface area (Å²) in [5, 5.41) is 14.1. The lowest BCUT2D eigenvalue weighted by Gasteiger charge is -2.35. The average Bonchev–Trinajstić information content (AvgIpc) is 3.12. The molecule has 26 heavy (non-hydrogen) atoms. The van der Waals surface area contributed by atoms with Gasteiger partial charge in [0.05, 0.1) is 15.7 Å². The van der Waals surface area contributed by atoms with Crippen molar-refractivity contribution < 1.29 is 14.7 Å². The van der Waals surface area contributed by atoms with Crippen molar-refractivity contribution in [2.45, 2.75) is 38.1 Å². The lowest BCUT2D eigenvalue weighted by molar-refractivity contribution is -0.137. The molecule has 6 nitrogen and oxygen atoms in total. The van der Waals surface area contributed by atoms with Crippen LogP contribution in [-0.4, -0.2) is 44.3 Å². The number of aromatic nitrogens is 2. The third kappa shape index (κ3) is 4.19. The van der Waals surface area contributed by atoms with Crippen molar-refractivity contribution in [3.8, 4) is 5.69 Å². The molecule has 1 saturated heterocycles. The number of aliphatic carboxylic acids is 1. The zero-order chi connectivity index (χ0) is 18.7. The first kappa shape index (κ1) is 18.7. The fraction of sp³-hybridized carbons (Fsp3) is 0.389. The van der Waals surface area contributed by atoms with Crippen LogP contribution in [0.1, 0.15) is 42.6 Å².